The molecular weight excluding hydrogens is 299 g/mol. The molecule has 1 rings (SSSR count). The fourth-order valence-corrected chi connectivity index (χ4v) is 1.76. The van der Waals surface area contributed by atoms with Gasteiger partial charge in [0.05, 0.1) is 0 Å². The van der Waals surface area contributed by atoms with Crippen LogP contribution in [0.3, 0.4) is 0 Å². The first-order valence-electron chi connectivity index (χ1n) is 5.05. The standard InChI is InChI=1S/C12H17IN2/c1-3-9(2)8-12(15-14)10-4-6-11(13)7-5-10/h4-7,12,15H,2-3,8,14H2,1H3. The zero-order valence-electron chi connectivity index (χ0n) is 8.96. The van der Waals surface area contributed by atoms with Crippen LogP contribution in [0.4, 0.5) is 0 Å². The van der Waals surface area contributed by atoms with Crippen LogP contribution in [-0.4, -0.2) is 0 Å². The first-order chi connectivity index (χ1) is 7.17. The lowest BCUT2D eigenvalue weighted by Crippen LogP contribution is -2.28. The first kappa shape index (κ1) is 12.7. The summed E-state index contributed by atoms with van der Waals surface area (Å²) in [5, 5.41) is 0. The Bertz CT molecular complexity index is 319. The van der Waals surface area contributed by atoms with E-state index in [9.17, 15) is 0 Å². The van der Waals surface area contributed by atoms with Gasteiger partial charge in [-0.15, -0.1) is 0 Å². The van der Waals surface area contributed by atoms with Crippen LogP contribution in [0.2, 0.25) is 0 Å². The summed E-state index contributed by atoms with van der Waals surface area (Å²) in [7, 11) is 0. The molecule has 3 N–H and O–H groups in total. The van der Waals surface area contributed by atoms with E-state index in [0.717, 1.165) is 12.8 Å². The molecule has 82 valence electrons. The lowest BCUT2D eigenvalue weighted by molar-refractivity contribution is 0.545. The quantitative estimate of drug-likeness (QED) is 0.379. The van der Waals surface area contributed by atoms with E-state index in [0.29, 0.717) is 0 Å². The zero-order valence-corrected chi connectivity index (χ0v) is 11.1. The molecule has 0 heterocycles. The summed E-state index contributed by atoms with van der Waals surface area (Å²) >= 11 is 2.30. The molecule has 0 bridgehead atoms. The van der Waals surface area contributed by atoms with Crippen molar-refractivity contribution in [3.63, 3.8) is 0 Å². The molecule has 0 fully saturated rings. The average molecular weight is 316 g/mol. The van der Waals surface area contributed by atoms with Crippen LogP contribution in [-0.2, 0) is 0 Å². The van der Waals surface area contributed by atoms with Gasteiger partial charge in [0.1, 0.15) is 0 Å². The second kappa shape index (κ2) is 6.25. The molecular formula is C12H17IN2. The van der Waals surface area contributed by atoms with Crippen LogP contribution in [0.1, 0.15) is 31.4 Å². The van der Waals surface area contributed by atoms with Gasteiger partial charge in [-0.05, 0) is 53.1 Å². The van der Waals surface area contributed by atoms with E-state index in [1.165, 1.54) is 14.7 Å². The molecule has 2 nitrogen and oxygen atoms in total. The van der Waals surface area contributed by atoms with Gasteiger partial charge in [0.15, 0.2) is 0 Å². The van der Waals surface area contributed by atoms with Crippen molar-refractivity contribution in [3.8, 4) is 0 Å². The van der Waals surface area contributed by atoms with Gasteiger partial charge in [0, 0.05) is 9.61 Å². The first-order valence-corrected chi connectivity index (χ1v) is 6.13. The second-order valence-electron chi connectivity index (χ2n) is 3.58. The minimum atomic E-state index is 0.175. The third-order valence-corrected chi connectivity index (χ3v) is 3.19. The Kier molecular flexibility index (Phi) is 5.28. The largest absolute Gasteiger partial charge is 0.271 e. The number of hydrazine groups is 1. The maximum atomic E-state index is 5.55. The van der Waals surface area contributed by atoms with Gasteiger partial charge in [-0.25, -0.2) is 0 Å². The van der Waals surface area contributed by atoms with Crippen molar-refractivity contribution in [2.75, 3.05) is 0 Å². The Hall–Kier alpha value is -0.390. The van der Waals surface area contributed by atoms with E-state index < -0.39 is 0 Å². The monoisotopic (exact) mass is 316 g/mol. The van der Waals surface area contributed by atoms with Gasteiger partial charge < -0.3 is 0 Å². The molecule has 0 saturated carbocycles. The smallest absolute Gasteiger partial charge is 0.0496 e. The number of nitrogens with one attached hydrogen (secondary N) is 1. The molecule has 0 amide bonds. The number of nitrogens with two attached hydrogens (primary N) is 1. The van der Waals surface area contributed by atoms with Crippen molar-refractivity contribution >= 4 is 22.6 Å². The SMILES string of the molecule is C=C(CC)CC(NN)c1ccc(I)cc1. The molecule has 3 heteroatoms. The number of rotatable bonds is 5. The molecule has 0 saturated heterocycles. The van der Waals surface area contributed by atoms with Gasteiger partial charge >= 0.3 is 0 Å². The highest BCUT2D eigenvalue weighted by molar-refractivity contribution is 14.1. The Balaban J connectivity index is 2.74. The molecule has 0 aliphatic rings. The molecule has 0 aliphatic heterocycles. The normalized spacial score (nSPS) is 12.5. The fraction of sp³-hybridized carbons (Fsp3) is 0.333. The molecule has 0 spiro atoms. The Morgan fingerprint density at radius 3 is 2.53 bits per heavy atom. The predicted molar refractivity (Wildman–Crippen MR) is 73.3 cm³/mol. The van der Waals surface area contributed by atoms with Crippen LogP contribution in [0, 0.1) is 3.57 Å². The third kappa shape index (κ3) is 3.93. The summed E-state index contributed by atoms with van der Waals surface area (Å²) in [6, 6.07) is 8.57. The van der Waals surface area contributed by atoms with Crippen molar-refractivity contribution < 1.29 is 0 Å². The molecule has 0 radical (unpaired) electrons. The third-order valence-electron chi connectivity index (χ3n) is 2.47. The highest BCUT2D eigenvalue weighted by Gasteiger charge is 2.09. The van der Waals surface area contributed by atoms with Gasteiger partial charge in [-0.3, -0.25) is 11.3 Å². The highest BCUT2D eigenvalue weighted by atomic mass is 127. The molecule has 0 aliphatic carbocycles. The maximum Gasteiger partial charge on any atom is 0.0496 e. The van der Waals surface area contributed by atoms with Gasteiger partial charge in [0.25, 0.3) is 0 Å². The van der Waals surface area contributed by atoms with Crippen molar-refractivity contribution in [1.82, 2.24) is 5.43 Å². The summed E-state index contributed by atoms with van der Waals surface area (Å²) in [5.41, 5.74) is 5.27. The molecule has 1 aromatic rings. The van der Waals surface area contributed by atoms with E-state index in [-0.39, 0.29) is 6.04 Å². The van der Waals surface area contributed by atoms with Gasteiger partial charge in [-0.2, -0.15) is 0 Å². The lowest BCUT2D eigenvalue weighted by Gasteiger charge is -2.17. The van der Waals surface area contributed by atoms with Crippen molar-refractivity contribution in [3.05, 3.63) is 45.6 Å². The predicted octanol–water partition coefficient (Wildman–Crippen LogP) is 3.15. The maximum absolute atomic E-state index is 5.55. The van der Waals surface area contributed by atoms with Crippen molar-refractivity contribution in [2.24, 2.45) is 5.84 Å². The average Bonchev–Trinajstić information content (AvgIpc) is 2.27. The summed E-state index contributed by atoms with van der Waals surface area (Å²) in [6.45, 7) is 6.12. The summed E-state index contributed by atoms with van der Waals surface area (Å²) in [6.07, 6.45) is 1.90. The number of halogens is 1. The van der Waals surface area contributed by atoms with Gasteiger partial charge in [-0.1, -0.05) is 31.2 Å². The number of hydrogen-bond acceptors (Lipinski definition) is 2. The molecule has 0 aromatic heterocycles. The van der Waals surface area contributed by atoms with E-state index in [1.54, 1.807) is 0 Å². The summed E-state index contributed by atoms with van der Waals surface area (Å²) in [4.78, 5) is 0. The lowest BCUT2D eigenvalue weighted by atomic mass is 9.99. The molecule has 1 atom stereocenters. The van der Waals surface area contributed by atoms with Gasteiger partial charge in [0.2, 0.25) is 0 Å². The number of benzene rings is 1. The Morgan fingerprint density at radius 2 is 2.07 bits per heavy atom. The van der Waals surface area contributed by atoms with E-state index >= 15 is 0 Å². The topological polar surface area (TPSA) is 38.0 Å². The second-order valence-corrected chi connectivity index (χ2v) is 4.82. The van der Waals surface area contributed by atoms with Crippen molar-refractivity contribution in [2.45, 2.75) is 25.8 Å². The molecule has 15 heavy (non-hydrogen) atoms. The van der Waals surface area contributed by atoms with Crippen LogP contribution in [0.15, 0.2) is 36.4 Å². The summed E-state index contributed by atoms with van der Waals surface area (Å²) < 4.78 is 1.24. The summed E-state index contributed by atoms with van der Waals surface area (Å²) in [5.74, 6) is 5.55. The fourth-order valence-electron chi connectivity index (χ4n) is 1.40. The Morgan fingerprint density at radius 1 is 1.47 bits per heavy atom. The van der Waals surface area contributed by atoms with E-state index in [4.69, 9.17) is 5.84 Å². The van der Waals surface area contributed by atoms with Crippen LogP contribution in [0.5, 0.6) is 0 Å². The minimum Gasteiger partial charge on any atom is -0.271 e. The molecule has 1 unspecified atom stereocenters. The van der Waals surface area contributed by atoms with Crippen LogP contribution >= 0.6 is 22.6 Å². The molecule has 1 aromatic carbocycles. The minimum absolute atomic E-state index is 0.175. The van der Waals surface area contributed by atoms with Crippen molar-refractivity contribution in [1.29, 1.82) is 0 Å². The Labute approximate surface area is 105 Å². The van der Waals surface area contributed by atoms with E-state index in [1.807, 2.05) is 0 Å². The van der Waals surface area contributed by atoms with E-state index in [2.05, 4.69) is 65.8 Å². The zero-order chi connectivity index (χ0) is 11.3. The van der Waals surface area contributed by atoms with Crippen LogP contribution in [0.25, 0.3) is 0 Å². The van der Waals surface area contributed by atoms with Crippen LogP contribution < -0.4 is 11.3 Å². The highest BCUT2D eigenvalue weighted by Crippen LogP contribution is 2.21. The number of hydrogen-bond donors (Lipinski definition) is 2.